The molecule has 130 valence electrons. The lowest BCUT2D eigenvalue weighted by atomic mass is 9.91. The number of halogens is 2. The number of amides is 1. The van der Waals surface area contributed by atoms with E-state index < -0.39 is 5.60 Å². The Morgan fingerprint density at radius 3 is 2.65 bits per heavy atom. The minimum Gasteiger partial charge on any atom is -0.492 e. The van der Waals surface area contributed by atoms with Gasteiger partial charge in [-0.05, 0) is 50.6 Å². The lowest BCUT2D eigenvalue weighted by molar-refractivity contribution is -0.140. The van der Waals surface area contributed by atoms with Gasteiger partial charge in [-0.2, -0.15) is 0 Å². The van der Waals surface area contributed by atoms with Gasteiger partial charge in [0.2, 0.25) is 0 Å². The van der Waals surface area contributed by atoms with Crippen molar-refractivity contribution in [1.29, 1.82) is 0 Å². The first kappa shape index (κ1) is 20.0. The molecular formula is C16H24Cl2N2O3. The van der Waals surface area contributed by atoms with E-state index in [4.69, 9.17) is 21.1 Å². The summed E-state index contributed by atoms with van der Waals surface area (Å²) in [6, 6.07) is 5.27. The van der Waals surface area contributed by atoms with Crippen LogP contribution in [-0.2, 0) is 9.53 Å². The second-order valence-corrected chi connectivity index (χ2v) is 5.80. The molecule has 0 aliphatic carbocycles. The van der Waals surface area contributed by atoms with Gasteiger partial charge >= 0.3 is 0 Å². The molecule has 7 heteroatoms. The van der Waals surface area contributed by atoms with Crippen molar-refractivity contribution < 1.29 is 14.3 Å². The maximum Gasteiger partial charge on any atom is 0.256 e. The zero-order chi connectivity index (χ0) is 16.0. The quantitative estimate of drug-likeness (QED) is 0.815. The number of piperidine rings is 1. The second kappa shape index (κ2) is 9.33. The van der Waals surface area contributed by atoms with Crippen LogP contribution in [-0.4, -0.2) is 38.3 Å². The van der Waals surface area contributed by atoms with Crippen LogP contribution in [0.4, 0.5) is 5.69 Å². The maximum atomic E-state index is 12.6. The molecule has 1 saturated heterocycles. The van der Waals surface area contributed by atoms with Gasteiger partial charge in [0, 0.05) is 12.8 Å². The van der Waals surface area contributed by atoms with Crippen molar-refractivity contribution in [2.24, 2.45) is 0 Å². The monoisotopic (exact) mass is 362 g/mol. The molecule has 0 atom stereocenters. The first-order valence-electron chi connectivity index (χ1n) is 7.61. The number of anilines is 1. The van der Waals surface area contributed by atoms with E-state index in [2.05, 4.69) is 10.6 Å². The Morgan fingerprint density at radius 1 is 1.39 bits per heavy atom. The fourth-order valence-corrected chi connectivity index (χ4v) is 2.74. The number of rotatable bonds is 6. The van der Waals surface area contributed by atoms with Crippen molar-refractivity contribution in [3.8, 4) is 5.75 Å². The van der Waals surface area contributed by atoms with Crippen molar-refractivity contribution in [1.82, 2.24) is 5.32 Å². The molecule has 5 nitrogen and oxygen atoms in total. The third kappa shape index (κ3) is 4.98. The highest BCUT2D eigenvalue weighted by molar-refractivity contribution is 6.32. The van der Waals surface area contributed by atoms with Gasteiger partial charge in [-0.1, -0.05) is 18.5 Å². The lowest BCUT2D eigenvalue weighted by Gasteiger charge is -2.34. The first-order valence-corrected chi connectivity index (χ1v) is 7.99. The number of carbonyl (C=O) groups excluding carboxylic acids is 1. The van der Waals surface area contributed by atoms with Gasteiger partial charge in [-0.15, -0.1) is 12.4 Å². The fraction of sp³-hybridized carbons (Fsp3) is 0.562. The van der Waals surface area contributed by atoms with Crippen LogP contribution in [0.3, 0.4) is 0 Å². The van der Waals surface area contributed by atoms with E-state index in [1.807, 2.05) is 6.92 Å². The maximum absolute atomic E-state index is 12.6. The topological polar surface area (TPSA) is 59.6 Å². The second-order valence-electron chi connectivity index (χ2n) is 5.40. The Hall–Kier alpha value is -1.01. The van der Waals surface area contributed by atoms with Crippen molar-refractivity contribution in [3.63, 3.8) is 0 Å². The average molecular weight is 363 g/mol. The molecule has 1 amide bonds. The number of benzene rings is 1. The molecule has 1 aliphatic rings. The molecule has 1 heterocycles. The highest BCUT2D eigenvalue weighted by atomic mass is 35.5. The van der Waals surface area contributed by atoms with E-state index in [-0.39, 0.29) is 18.3 Å². The fourth-order valence-electron chi connectivity index (χ4n) is 2.51. The average Bonchev–Trinajstić information content (AvgIpc) is 2.54. The smallest absolute Gasteiger partial charge is 0.256 e. The van der Waals surface area contributed by atoms with Gasteiger partial charge in [0.25, 0.3) is 5.91 Å². The molecule has 0 unspecified atom stereocenters. The highest BCUT2D eigenvalue weighted by Gasteiger charge is 2.39. The number of methoxy groups -OCH3 is 1. The summed E-state index contributed by atoms with van der Waals surface area (Å²) in [4.78, 5) is 12.6. The summed E-state index contributed by atoms with van der Waals surface area (Å²) in [5.41, 5.74) is -0.122. The Labute approximate surface area is 148 Å². The Bertz CT molecular complexity index is 520. The molecule has 2 N–H and O–H groups in total. The van der Waals surface area contributed by atoms with Gasteiger partial charge in [0.15, 0.2) is 0 Å². The van der Waals surface area contributed by atoms with Crippen LogP contribution in [0.1, 0.15) is 26.2 Å². The summed E-state index contributed by atoms with van der Waals surface area (Å²) in [6.45, 7) is 4.19. The van der Waals surface area contributed by atoms with Crippen LogP contribution < -0.4 is 15.4 Å². The number of ether oxygens (including phenoxy) is 2. The molecule has 0 spiro atoms. The summed E-state index contributed by atoms with van der Waals surface area (Å²) in [5, 5.41) is 6.62. The molecule has 0 bridgehead atoms. The summed E-state index contributed by atoms with van der Waals surface area (Å²) in [5.74, 6) is 0.500. The van der Waals surface area contributed by atoms with Crippen molar-refractivity contribution >= 4 is 35.6 Å². The largest absolute Gasteiger partial charge is 0.492 e. The van der Waals surface area contributed by atoms with Crippen molar-refractivity contribution in [3.05, 3.63) is 23.2 Å². The standard InChI is InChI=1S/C16H23ClN2O3.ClH/c1-3-10-22-14-5-4-12(11-13(14)17)19-15(20)16(21-2)6-8-18-9-7-16;/h4-5,11,18H,3,6-10H2,1-2H3,(H,19,20);1H. The molecule has 1 aromatic rings. The number of hydrogen-bond donors (Lipinski definition) is 2. The lowest BCUT2D eigenvalue weighted by Crippen LogP contribution is -2.51. The summed E-state index contributed by atoms with van der Waals surface area (Å²) in [6.07, 6.45) is 2.22. The predicted molar refractivity (Wildman–Crippen MR) is 95.0 cm³/mol. The highest BCUT2D eigenvalue weighted by Crippen LogP contribution is 2.29. The molecule has 2 rings (SSSR count). The van der Waals surface area contributed by atoms with Crippen molar-refractivity contribution in [2.75, 3.05) is 32.1 Å². The van der Waals surface area contributed by atoms with Gasteiger partial charge in [-0.3, -0.25) is 4.79 Å². The molecule has 1 aliphatic heterocycles. The van der Waals surface area contributed by atoms with Gasteiger partial charge in [-0.25, -0.2) is 0 Å². The molecular weight excluding hydrogens is 339 g/mol. The van der Waals surface area contributed by atoms with Gasteiger partial charge in [0.05, 0.1) is 11.6 Å². The minimum atomic E-state index is -0.769. The molecule has 1 fully saturated rings. The number of nitrogens with one attached hydrogen (secondary N) is 2. The summed E-state index contributed by atoms with van der Waals surface area (Å²) in [7, 11) is 1.58. The van der Waals surface area contributed by atoms with Gasteiger partial charge in [0.1, 0.15) is 11.4 Å². The van der Waals surface area contributed by atoms with E-state index in [1.165, 1.54) is 0 Å². The van der Waals surface area contributed by atoms with Crippen LogP contribution >= 0.6 is 24.0 Å². The zero-order valence-corrected chi connectivity index (χ0v) is 15.1. The molecule has 0 radical (unpaired) electrons. The Morgan fingerprint density at radius 2 is 2.09 bits per heavy atom. The third-order valence-electron chi connectivity index (χ3n) is 3.87. The third-order valence-corrected chi connectivity index (χ3v) is 4.16. The molecule has 1 aromatic carbocycles. The molecule has 0 aromatic heterocycles. The van der Waals surface area contributed by atoms with E-state index in [1.54, 1.807) is 25.3 Å². The first-order chi connectivity index (χ1) is 10.6. The van der Waals surface area contributed by atoms with E-state index >= 15 is 0 Å². The van der Waals surface area contributed by atoms with Crippen LogP contribution in [0.15, 0.2) is 18.2 Å². The Balaban J connectivity index is 0.00000264. The van der Waals surface area contributed by atoms with Crippen molar-refractivity contribution in [2.45, 2.75) is 31.8 Å². The minimum absolute atomic E-state index is 0. The molecule has 23 heavy (non-hydrogen) atoms. The normalized spacial score (nSPS) is 16.3. The predicted octanol–water partition coefficient (Wildman–Crippen LogP) is 3.26. The van der Waals surface area contributed by atoms with Crippen LogP contribution in [0.5, 0.6) is 5.75 Å². The summed E-state index contributed by atoms with van der Waals surface area (Å²) < 4.78 is 11.0. The summed E-state index contributed by atoms with van der Waals surface area (Å²) >= 11 is 6.19. The van der Waals surface area contributed by atoms with Crippen LogP contribution in [0, 0.1) is 0 Å². The Kier molecular flexibility index (Phi) is 8.12. The zero-order valence-electron chi connectivity index (χ0n) is 13.5. The van der Waals surface area contributed by atoms with Gasteiger partial charge < -0.3 is 20.1 Å². The van der Waals surface area contributed by atoms with Crippen LogP contribution in [0.25, 0.3) is 0 Å². The SMILES string of the molecule is CCCOc1ccc(NC(=O)C2(OC)CCNCC2)cc1Cl.Cl. The molecule has 0 saturated carbocycles. The van der Waals surface area contributed by atoms with E-state index in [9.17, 15) is 4.79 Å². The number of carbonyl (C=O) groups is 1. The number of hydrogen-bond acceptors (Lipinski definition) is 4. The van der Waals surface area contributed by atoms with Crippen LogP contribution in [0.2, 0.25) is 5.02 Å². The van der Waals surface area contributed by atoms with E-state index in [0.29, 0.717) is 35.9 Å². The van der Waals surface area contributed by atoms with E-state index in [0.717, 1.165) is 19.5 Å².